The van der Waals surface area contributed by atoms with Gasteiger partial charge in [0.25, 0.3) is 0 Å². The third-order valence-electron chi connectivity index (χ3n) is 1.04. The molecule has 0 bridgehead atoms. The molecule has 11 heavy (non-hydrogen) atoms. The molecule has 1 rings (SSSR count). The Morgan fingerprint density at radius 2 is 2.45 bits per heavy atom. The maximum atomic E-state index is 10.3. The molecule has 60 valence electrons. The Balaban J connectivity index is 2.51. The van der Waals surface area contributed by atoms with Crippen molar-refractivity contribution in [3.05, 3.63) is 16.6 Å². The molecule has 0 aromatic carbocycles. The quantitative estimate of drug-likeness (QED) is 0.366. The fourth-order valence-corrected chi connectivity index (χ4v) is 4.16. The number of carbonyl (C=O) groups excluding carboxylic acids is 1. The van der Waals surface area contributed by atoms with Crippen LogP contribution in [0.5, 0.6) is 0 Å². The van der Waals surface area contributed by atoms with E-state index in [1.165, 1.54) is 3.77 Å². The van der Waals surface area contributed by atoms with Crippen LogP contribution < -0.4 is 0 Å². The molecule has 0 fully saturated rings. The molecule has 0 aliphatic heterocycles. The van der Waals surface area contributed by atoms with Gasteiger partial charge in [-0.1, -0.05) is 0 Å². The van der Waals surface area contributed by atoms with Crippen LogP contribution in [0.4, 0.5) is 0 Å². The molecule has 1 heterocycles. The zero-order chi connectivity index (χ0) is 8.10. The first kappa shape index (κ1) is 9.59. The van der Waals surface area contributed by atoms with Crippen molar-refractivity contribution in [2.45, 2.75) is 3.77 Å². The van der Waals surface area contributed by atoms with Crippen LogP contribution in [0.25, 0.3) is 0 Å². The first-order valence-corrected chi connectivity index (χ1v) is 6.92. The third-order valence-corrected chi connectivity index (χ3v) is 5.65. The second kappa shape index (κ2) is 5.20. The number of hydrogen-bond acceptors (Lipinski definition) is 2. The fraction of sp³-hybridized carbons (Fsp3) is 0.286. The first-order chi connectivity index (χ1) is 5.36. The molecule has 0 aliphatic carbocycles. The van der Waals surface area contributed by atoms with Crippen LogP contribution in [0.2, 0.25) is 0 Å². The summed E-state index contributed by atoms with van der Waals surface area (Å²) < 4.78 is 2.31. The number of carbonyl (C=O) groups is 1. The Morgan fingerprint density at radius 1 is 1.64 bits per heavy atom. The molecule has 0 atom stereocenters. The van der Waals surface area contributed by atoms with Crippen molar-refractivity contribution in [1.29, 1.82) is 0 Å². The van der Waals surface area contributed by atoms with Crippen LogP contribution in [0, 0.1) is 0 Å². The molecule has 1 aromatic heterocycles. The molecular weight excluding hydrogens is 291 g/mol. The summed E-state index contributed by atoms with van der Waals surface area (Å²) in [6.45, 7) is 0. The van der Waals surface area contributed by atoms with Gasteiger partial charge in [0.05, 0.1) is 0 Å². The molecule has 0 saturated carbocycles. The van der Waals surface area contributed by atoms with E-state index in [0.29, 0.717) is 14.5 Å². The summed E-state index contributed by atoms with van der Waals surface area (Å²) in [5.74, 6) is 1.09. The summed E-state index contributed by atoms with van der Waals surface area (Å²) in [5, 5.41) is 1.02. The van der Waals surface area contributed by atoms with E-state index in [0.717, 1.165) is 21.8 Å². The van der Waals surface area contributed by atoms with E-state index < -0.39 is 0 Å². The van der Waals surface area contributed by atoms with Gasteiger partial charge >= 0.3 is 84.7 Å². The molecule has 0 spiro atoms. The summed E-state index contributed by atoms with van der Waals surface area (Å²) in [4.78, 5) is 10.3. The van der Waals surface area contributed by atoms with Gasteiger partial charge in [0.2, 0.25) is 0 Å². The van der Waals surface area contributed by atoms with Gasteiger partial charge in [-0.25, -0.2) is 0 Å². The van der Waals surface area contributed by atoms with Gasteiger partial charge < -0.3 is 0 Å². The topological polar surface area (TPSA) is 17.1 Å². The van der Waals surface area contributed by atoms with Gasteiger partial charge in [-0.05, 0) is 0 Å². The second-order valence-electron chi connectivity index (χ2n) is 1.81. The minimum absolute atomic E-state index is 0.300. The van der Waals surface area contributed by atoms with Crippen LogP contribution >= 0.6 is 27.7 Å². The van der Waals surface area contributed by atoms with E-state index >= 15 is 0 Å². The first-order valence-electron chi connectivity index (χ1n) is 3.10. The van der Waals surface area contributed by atoms with E-state index in [2.05, 4.69) is 22.0 Å². The van der Waals surface area contributed by atoms with Crippen LogP contribution in [-0.2, 0) is 0 Å². The van der Waals surface area contributed by atoms with Crippen molar-refractivity contribution in [1.82, 2.24) is 0 Å². The molecule has 1 nitrogen and oxygen atoms in total. The number of alkyl halides is 1. The predicted molar refractivity (Wildman–Crippen MR) is 53.3 cm³/mol. The summed E-state index contributed by atoms with van der Waals surface area (Å²) in [5.41, 5.74) is 0. The summed E-state index contributed by atoms with van der Waals surface area (Å²) in [6, 6.07) is 3.97. The molecule has 0 radical (unpaired) electrons. The number of hydrogen-bond donors (Lipinski definition) is 0. The fourth-order valence-electron chi connectivity index (χ4n) is 0.614. The van der Waals surface area contributed by atoms with Crippen molar-refractivity contribution < 1.29 is 4.79 Å². The van der Waals surface area contributed by atoms with Crippen LogP contribution in [-0.4, -0.2) is 31.9 Å². The maximum absolute atomic E-state index is 10.3. The summed E-state index contributed by atoms with van der Waals surface area (Å²) >= 11 is 5.50. The van der Waals surface area contributed by atoms with Crippen molar-refractivity contribution in [3.8, 4) is 0 Å². The van der Waals surface area contributed by atoms with Gasteiger partial charge in [0.15, 0.2) is 0 Å². The summed E-state index contributed by atoms with van der Waals surface area (Å²) in [7, 11) is 0. The van der Waals surface area contributed by atoms with Crippen molar-refractivity contribution in [2.24, 2.45) is 0 Å². The SMILES string of the molecule is O=Cc1ccc(SCCBr)[se]1. The number of halogens is 1. The Labute approximate surface area is 84.4 Å². The van der Waals surface area contributed by atoms with E-state index in [9.17, 15) is 4.79 Å². The normalized spacial score (nSPS) is 9.91. The van der Waals surface area contributed by atoms with Gasteiger partial charge in [0, 0.05) is 0 Å². The van der Waals surface area contributed by atoms with Crippen molar-refractivity contribution >= 4 is 48.5 Å². The van der Waals surface area contributed by atoms with Gasteiger partial charge in [-0.2, -0.15) is 0 Å². The van der Waals surface area contributed by atoms with E-state index in [1.807, 2.05) is 17.8 Å². The number of aldehydes is 1. The predicted octanol–water partition coefficient (Wildman–Crippen LogP) is 2.04. The monoisotopic (exact) mass is 298 g/mol. The van der Waals surface area contributed by atoms with Crippen LogP contribution in [0.15, 0.2) is 15.9 Å². The number of rotatable bonds is 4. The third kappa shape index (κ3) is 3.16. The molecule has 0 saturated heterocycles. The minimum atomic E-state index is 0.300. The van der Waals surface area contributed by atoms with Crippen molar-refractivity contribution in [2.75, 3.05) is 11.1 Å². The average Bonchev–Trinajstić information content (AvgIpc) is 2.48. The molecule has 0 aliphatic rings. The van der Waals surface area contributed by atoms with Gasteiger partial charge in [-0.15, -0.1) is 0 Å². The Bertz CT molecular complexity index is 236. The van der Waals surface area contributed by atoms with E-state index in [1.54, 1.807) is 0 Å². The molecule has 4 heteroatoms. The summed E-state index contributed by atoms with van der Waals surface area (Å²) in [6.07, 6.45) is 0.957. The molecule has 0 unspecified atom stereocenters. The Hall–Kier alpha value is 0.499. The molecule has 0 amide bonds. The molecule has 1 aromatic rings. The van der Waals surface area contributed by atoms with E-state index in [4.69, 9.17) is 0 Å². The Kier molecular flexibility index (Phi) is 4.53. The van der Waals surface area contributed by atoms with Gasteiger partial charge in [-0.3, -0.25) is 0 Å². The zero-order valence-electron chi connectivity index (χ0n) is 5.75. The average molecular weight is 298 g/mol. The van der Waals surface area contributed by atoms with Crippen LogP contribution in [0.3, 0.4) is 0 Å². The van der Waals surface area contributed by atoms with Crippen molar-refractivity contribution in [3.63, 3.8) is 0 Å². The molecular formula is C7H7BrOSSe. The van der Waals surface area contributed by atoms with Gasteiger partial charge in [0.1, 0.15) is 0 Å². The van der Waals surface area contributed by atoms with Crippen LogP contribution in [0.1, 0.15) is 9.23 Å². The molecule has 0 N–H and O–H groups in total. The number of thioether (sulfide) groups is 1. The second-order valence-corrected chi connectivity index (χ2v) is 6.67. The standard InChI is InChI=1S/C7H7BrOSSe/c8-3-4-10-7-2-1-6(5-9)11-7/h1-2,5H,3-4H2. The zero-order valence-corrected chi connectivity index (χ0v) is 9.86. The van der Waals surface area contributed by atoms with E-state index in [-0.39, 0.29) is 0 Å². The Morgan fingerprint density at radius 3 is 3.00 bits per heavy atom.